The second-order valence-electron chi connectivity index (χ2n) is 6.01. The molecular weight excluding hydrogens is 322 g/mol. The van der Waals surface area contributed by atoms with E-state index in [9.17, 15) is 0 Å². The zero-order chi connectivity index (χ0) is 16.4. The van der Waals surface area contributed by atoms with E-state index in [1.807, 2.05) is 18.2 Å². The number of thiazole rings is 1. The zero-order valence-electron chi connectivity index (χ0n) is 13.2. The van der Waals surface area contributed by atoms with E-state index in [2.05, 4.69) is 20.3 Å². The topological polar surface area (TPSA) is 86.0 Å². The van der Waals surface area contributed by atoms with Gasteiger partial charge in [0.25, 0.3) is 0 Å². The highest BCUT2D eigenvalue weighted by Gasteiger charge is 2.15. The van der Waals surface area contributed by atoms with Crippen molar-refractivity contribution < 1.29 is 4.74 Å². The van der Waals surface area contributed by atoms with Gasteiger partial charge in [-0.05, 0) is 25.0 Å². The van der Waals surface area contributed by atoms with Crippen molar-refractivity contribution in [3.8, 4) is 11.6 Å². The molecule has 6 nitrogen and oxygen atoms in total. The summed E-state index contributed by atoms with van der Waals surface area (Å²) in [6.07, 6.45) is 7.83. The Hall–Kier alpha value is -2.41. The first-order valence-electron chi connectivity index (χ1n) is 8.19. The number of ether oxygens (including phenoxy) is 1. The van der Waals surface area contributed by atoms with Gasteiger partial charge in [-0.3, -0.25) is 0 Å². The molecule has 0 atom stereocenters. The Bertz CT molecular complexity index is 844. The highest BCUT2D eigenvalue weighted by Crippen LogP contribution is 2.32. The van der Waals surface area contributed by atoms with Crippen LogP contribution in [0.2, 0.25) is 0 Å². The van der Waals surface area contributed by atoms with Gasteiger partial charge < -0.3 is 15.8 Å². The van der Waals surface area contributed by atoms with E-state index >= 15 is 0 Å². The lowest BCUT2D eigenvalue weighted by Gasteiger charge is -2.22. The molecule has 1 saturated carbocycles. The molecule has 1 aliphatic rings. The number of fused-ring (bicyclic) bond motifs is 1. The van der Waals surface area contributed by atoms with Crippen LogP contribution in [-0.4, -0.2) is 21.0 Å². The highest BCUT2D eigenvalue weighted by molar-refractivity contribution is 7.22. The van der Waals surface area contributed by atoms with Crippen LogP contribution in [0.1, 0.15) is 32.1 Å². The first-order chi connectivity index (χ1) is 11.8. The van der Waals surface area contributed by atoms with E-state index in [0.29, 0.717) is 23.5 Å². The molecule has 0 radical (unpaired) electrons. The van der Waals surface area contributed by atoms with Crippen molar-refractivity contribution in [2.45, 2.75) is 38.1 Å². The van der Waals surface area contributed by atoms with Crippen LogP contribution in [0.4, 0.5) is 10.9 Å². The third-order valence-electron chi connectivity index (χ3n) is 4.18. The fraction of sp³-hybridized carbons (Fsp3) is 0.353. The SMILES string of the molecule is Nc1cc(Oc2ccc3nc(NC4CCCCC4)sc3c2)ncn1. The van der Waals surface area contributed by atoms with Crippen LogP contribution in [-0.2, 0) is 0 Å². The predicted molar refractivity (Wildman–Crippen MR) is 96.6 cm³/mol. The molecule has 2 aromatic heterocycles. The van der Waals surface area contributed by atoms with E-state index in [-0.39, 0.29) is 0 Å². The molecule has 124 valence electrons. The molecular formula is C17H19N5OS. The molecule has 4 rings (SSSR count). The number of benzene rings is 1. The van der Waals surface area contributed by atoms with Gasteiger partial charge >= 0.3 is 0 Å². The molecule has 0 amide bonds. The molecule has 1 fully saturated rings. The summed E-state index contributed by atoms with van der Waals surface area (Å²) in [5.41, 5.74) is 6.63. The average Bonchev–Trinajstić information content (AvgIpc) is 2.97. The number of aromatic nitrogens is 3. The maximum Gasteiger partial charge on any atom is 0.224 e. The van der Waals surface area contributed by atoms with E-state index < -0.39 is 0 Å². The largest absolute Gasteiger partial charge is 0.439 e. The van der Waals surface area contributed by atoms with Gasteiger partial charge in [-0.25, -0.2) is 15.0 Å². The molecule has 0 bridgehead atoms. The molecule has 2 heterocycles. The van der Waals surface area contributed by atoms with Crippen LogP contribution in [0, 0.1) is 0 Å². The summed E-state index contributed by atoms with van der Waals surface area (Å²) in [6, 6.07) is 8.01. The Balaban J connectivity index is 1.52. The normalized spacial score (nSPS) is 15.5. The molecule has 0 aliphatic heterocycles. The molecule has 3 N–H and O–H groups in total. The minimum absolute atomic E-state index is 0.387. The third-order valence-corrected chi connectivity index (χ3v) is 5.13. The van der Waals surface area contributed by atoms with Gasteiger partial charge in [-0.15, -0.1) is 0 Å². The molecule has 3 aromatic rings. The van der Waals surface area contributed by atoms with Gasteiger partial charge in [-0.2, -0.15) is 0 Å². The van der Waals surface area contributed by atoms with Crippen molar-refractivity contribution in [2.24, 2.45) is 0 Å². The summed E-state index contributed by atoms with van der Waals surface area (Å²) in [4.78, 5) is 12.6. The van der Waals surface area contributed by atoms with Crippen LogP contribution in [0.25, 0.3) is 10.2 Å². The second kappa shape index (κ2) is 6.60. The standard InChI is InChI=1S/C17H19N5OS/c18-15-9-16(20-10-19-15)23-12-6-7-13-14(8-12)24-17(22-13)21-11-4-2-1-3-5-11/h6-11H,1-5H2,(H,21,22)(H2,18,19,20). The highest BCUT2D eigenvalue weighted by atomic mass is 32.1. The molecule has 0 unspecified atom stereocenters. The van der Waals surface area contributed by atoms with E-state index in [4.69, 9.17) is 10.5 Å². The van der Waals surface area contributed by atoms with Gasteiger partial charge in [0.05, 0.1) is 10.2 Å². The van der Waals surface area contributed by atoms with Crippen LogP contribution in [0.5, 0.6) is 11.6 Å². The summed E-state index contributed by atoms with van der Waals surface area (Å²) in [5, 5.41) is 4.56. The van der Waals surface area contributed by atoms with Gasteiger partial charge in [-0.1, -0.05) is 30.6 Å². The monoisotopic (exact) mass is 341 g/mol. The average molecular weight is 341 g/mol. The molecule has 1 aromatic carbocycles. The minimum Gasteiger partial charge on any atom is -0.439 e. The molecule has 1 aliphatic carbocycles. The molecule has 24 heavy (non-hydrogen) atoms. The van der Waals surface area contributed by atoms with Crippen molar-refractivity contribution in [3.05, 3.63) is 30.6 Å². The van der Waals surface area contributed by atoms with Crippen LogP contribution < -0.4 is 15.8 Å². The maximum absolute atomic E-state index is 5.75. The zero-order valence-corrected chi connectivity index (χ0v) is 14.1. The fourth-order valence-electron chi connectivity index (χ4n) is 2.98. The van der Waals surface area contributed by atoms with Crippen molar-refractivity contribution in [1.29, 1.82) is 0 Å². The number of nitrogens with one attached hydrogen (secondary N) is 1. The van der Waals surface area contributed by atoms with Crippen molar-refractivity contribution in [3.63, 3.8) is 0 Å². The number of nitrogen functional groups attached to an aromatic ring is 1. The van der Waals surface area contributed by atoms with Gasteiger partial charge in [0.1, 0.15) is 17.9 Å². The Labute approximate surface area is 144 Å². The molecule has 7 heteroatoms. The van der Waals surface area contributed by atoms with Crippen molar-refractivity contribution in [2.75, 3.05) is 11.1 Å². The summed E-state index contributed by atoms with van der Waals surface area (Å²) < 4.78 is 6.84. The Kier molecular flexibility index (Phi) is 4.17. The number of anilines is 2. The van der Waals surface area contributed by atoms with Crippen molar-refractivity contribution >= 4 is 32.5 Å². The van der Waals surface area contributed by atoms with Gasteiger partial charge in [0.2, 0.25) is 5.88 Å². The fourth-order valence-corrected chi connectivity index (χ4v) is 3.95. The van der Waals surface area contributed by atoms with Crippen molar-refractivity contribution in [1.82, 2.24) is 15.0 Å². The van der Waals surface area contributed by atoms with Crippen LogP contribution in [0.15, 0.2) is 30.6 Å². The smallest absolute Gasteiger partial charge is 0.224 e. The summed E-state index contributed by atoms with van der Waals surface area (Å²) in [7, 11) is 0. The number of hydrogen-bond donors (Lipinski definition) is 2. The van der Waals surface area contributed by atoms with Gasteiger partial charge in [0.15, 0.2) is 5.13 Å². The van der Waals surface area contributed by atoms with Gasteiger partial charge in [0, 0.05) is 18.2 Å². The first kappa shape index (κ1) is 15.1. The third kappa shape index (κ3) is 3.41. The predicted octanol–water partition coefficient (Wildman–Crippen LogP) is 4.21. The quantitative estimate of drug-likeness (QED) is 0.739. The summed E-state index contributed by atoms with van der Waals surface area (Å²) in [6.45, 7) is 0. The summed E-state index contributed by atoms with van der Waals surface area (Å²) in [5.74, 6) is 1.54. The second-order valence-corrected chi connectivity index (χ2v) is 7.04. The number of nitrogens with two attached hydrogens (primary N) is 1. The molecule has 0 spiro atoms. The Morgan fingerprint density at radius 3 is 2.83 bits per heavy atom. The lowest BCUT2D eigenvalue weighted by Crippen LogP contribution is -2.21. The summed E-state index contributed by atoms with van der Waals surface area (Å²) >= 11 is 1.66. The molecule has 0 saturated heterocycles. The number of rotatable bonds is 4. The van der Waals surface area contributed by atoms with Crippen LogP contribution >= 0.6 is 11.3 Å². The lowest BCUT2D eigenvalue weighted by molar-refractivity contribution is 0.462. The van der Waals surface area contributed by atoms with E-state index in [1.54, 1.807) is 17.4 Å². The van der Waals surface area contributed by atoms with E-state index in [1.165, 1.54) is 38.4 Å². The van der Waals surface area contributed by atoms with E-state index in [0.717, 1.165) is 15.3 Å². The minimum atomic E-state index is 0.387. The first-order valence-corrected chi connectivity index (χ1v) is 9.00. The maximum atomic E-state index is 5.75. The lowest BCUT2D eigenvalue weighted by atomic mass is 9.96. The Morgan fingerprint density at radius 1 is 1.12 bits per heavy atom. The number of hydrogen-bond acceptors (Lipinski definition) is 7. The number of nitrogens with zero attached hydrogens (tertiary/aromatic N) is 3. The van der Waals surface area contributed by atoms with Crippen LogP contribution in [0.3, 0.4) is 0 Å². The Morgan fingerprint density at radius 2 is 2.00 bits per heavy atom.